The van der Waals surface area contributed by atoms with Gasteiger partial charge in [0.2, 0.25) is 0 Å². The second-order valence-electron chi connectivity index (χ2n) is 2.26. The molecule has 52 valence electrons. The lowest BCUT2D eigenvalue weighted by Crippen LogP contribution is -2.23. The molecule has 0 aromatic rings. The van der Waals surface area contributed by atoms with E-state index in [1.165, 1.54) is 6.47 Å². The van der Waals surface area contributed by atoms with Crippen LogP contribution in [0.3, 0.4) is 0 Å². The quantitative estimate of drug-likeness (QED) is 0.522. The molecule has 0 aromatic heterocycles. The van der Waals surface area contributed by atoms with Crippen LogP contribution in [0.2, 0.25) is 0 Å². The van der Waals surface area contributed by atoms with Gasteiger partial charge in [-0.3, -0.25) is 0 Å². The van der Waals surface area contributed by atoms with Crippen molar-refractivity contribution in [3.8, 4) is 0 Å². The predicted octanol–water partition coefficient (Wildman–Crippen LogP) is 0.634. The van der Waals surface area contributed by atoms with Gasteiger partial charge in [0.1, 0.15) is 0 Å². The lowest BCUT2D eigenvalue weighted by atomic mass is 10.1. The molecule has 0 aliphatic carbocycles. The van der Waals surface area contributed by atoms with Crippen molar-refractivity contribution < 1.29 is 9.63 Å². The Morgan fingerprint density at radius 2 is 2.00 bits per heavy atom. The largest absolute Gasteiger partial charge is 0.439 e. The van der Waals surface area contributed by atoms with Gasteiger partial charge in [0.25, 0.3) is 0 Å². The summed E-state index contributed by atoms with van der Waals surface area (Å²) in [5.74, 6) is 0.401. The average Bonchev–Trinajstić information content (AvgIpc) is 1.82. The molecular weight excluding hydrogens is 118 g/mol. The fourth-order valence-electron chi connectivity index (χ4n) is 0.226. The van der Waals surface area contributed by atoms with Crippen molar-refractivity contribution in [1.29, 1.82) is 0 Å². The fourth-order valence-corrected chi connectivity index (χ4v) is 0.226. The molecule has 3 nitrogen and oxygen atoms in total. The summed E-state index contributed by atoms with van der Waals surface area (Å²) in [5.41, 5.74) is 3.52. The summed E-state index contributed by atoms with van der Waals surface area (Å²) in [6.45, 7) is 7.12. The molecule has 0 aliphatic rings. The second-order valence-corrected chi connectivity index (χ2v) is 2.26. The van der Waals surface area contributed by atoms with Gasteiger partial charge in [-0.25, -0.2) is 4.79 Å². The SMILES string of the molecule is CC(C)C(C)[N]O[C]=O. The van der Waals surface area contributed by atoms with E-state index >= 15 is 0 Å². The van der Waals surface area contributed by atoms with Crippen LogP contribution in [0.25, 0.3) is 0 Å². The minimum Gasteiger partial charge on any atom is -0.340 e. The van der Waals surface area contributed by atoms with Gasteiger partial charge in [-0.05, 0) is 18.3 Å². The van der Waals surface area contributed by atoms with Crippen molar-refractivity contribution in [2.45, 2.75) is 26.8 Å². The van der Waals surface area contributed by atoms with Crippen molar-refractivity contribution in [2.75, 3.05) is 0 Å². The average molecular weight is 129 g/mol. The molecule has 0 saturated carbocycles. The molecule has 0 amide bonds. The van der Waals surface area contributed by atoms with Gasteiger partial charge in [0.15, 0.2) is 0 Å². The highest BCUT2D eigenvalue weighted by Crippen LogP contribution is 1.99. The molecule has 0 N–H and O–H groups in total. The zero-order chi connectivity index (χ0) is 7.28. The van der Waals surface area contributed by atoms with Crippen molar-refractivity contribution in [1.82, 2.24) is 5.48 Å². The van der Waals surface area contributed by atoms with E-state index in [0.717, 1.165) is 0 Å². The van der Waals surface area contributed by atoms with Gasteiger partial charge in [0.05, 0.1) is 6.04 Å². The van der Waals surface area contributed by atoms with E-state index < -0.39 is 0 Å². The topological polar surface area (TPSA) is 40.4 Å². The molecule has 0 fully saturated rings. The van der Waals surface area contributed by atoms with Crippen LogP contribution in [0, 0.1) is 5.92 Å². The van der Waals surface area contributed by atoms with Crippen molar-refractivity contribution >= 4 is 6.47 Å². The number of hydrogen-bond donors (Lipinski definition) is 0. The number of carbonyl (C=O) groups excluding carboxylic acids is 1. The zero-order valence-electron chi connectivity index (χ0n) is 5.92. The van der Waals surface area contributed by atoms with Gasteiger partial charge in [-0.15, -0.1) is 0 Å². The van der Waals surface area contributed by atoms with Crippen LogP contribution in [-0.2, 0) is 9.63 Å². The normalized spacial score (nSPS) is 13.3. The van der Waals surface area contributed by atoms with Gasteiger partial charge < -0.3 is 4.84 Å². The summed E-state index contributed by atoms with van der Waals surface area (Å²) in [7, 11) is 0. The molecule has 2 radical (unpaired) electrons. The summed E-state index contributed by atoms with van der Waals surface area (Å²) in [6, 6.07) is 0.0615. The smallest absolute Gasteiger partial charge is 0.340 e. The Balaban J connectivity index is 3.26. The highest BCUT2D eigenvalue weighted by Gasteiger charge is 2.07. The third kappa shape index (κ3) is 3.97. The van der Waals surface area contributed by atoms with Crippen molar-refractivity contribution in [3.05, 3.63) is 0 Å². The molecule has 0 heterocycles. The third-order valence-electron chi connectivity index (χ3n) is 1.22. The summed E-state index contributed by atoms with van der Waals surface area (Å²) < 4.78 is 0. The lowest BCUT2D eigenvalue weighted by molar-refractivity contribution is 0.110. The predicted molar refractivity (Wildman–Crippen MR) is 33.2 cm³/mol. The molecule has 0 spiro atoms. The van der Waals surface area contributed by atoms with Crippen LogP contribution in [-0.4, -0.2) is 12.5 Å². The monoisotopic (exact) mass is 129 g/mol. The van der Waals surface area contributed by atoms with E-state index in [4.69, 9.17) is 0 Å². The van der Waals surface area contributed by atoms with E-state index in [2.05, 4.69) is 10.3 Å². The highest BCUT2D eigenvalue weighted by atomic mass is 16.7. The van der Waals surface area contributed by atoms with Crippen LogP contribution in [0.5, 0.6) is 0 Å². The van der Waals surface area contributed by atoms with E-state index in [1.54, 1.807) is 0 Å². The Bertz CT molecular complexity index is 83.1. The third-order valence-corrected chi connectivity index (χ3v) is 1.22. The molecule has 0 rings (SSSR count). The van der Waals surface area contributed by atoms with E-state index in [-0.39, 0.29) is 6.04 Å². The number of nitrogens with zero attached hydrogens (tertiary/aromatic N) is 1. The van der Waals surface area contributed by atoms with E-state index in [1.807, 2.05) is 20.8 Å². The summed E-state index contributed by atoms with van der Waals surface area (Å²) in [5, 5.41) is 0. The first-order chi connectivity index (χ1) is 4.18. The van der Waals surface area contributed by atoms with E-state index in [9.17, 15) is 4.79 Å². The molecule has 0 saturated heterocycles. The van der Waals surface area contributed by atoms with Gasteiger partial charge >= 0.3 is 6.47 Å². The lowest BCUT2D eigenvalue weighted by Gasteiger charge is -2.10. The first kappa shape index (κ1) is 8.43. The van der Waals surface area contributed by atoms with Crippen LogP contribution in [0.4, 0.5) is 0 Å². The Morgan fingerprint density at radius 3 is 2.33 bits per heavy atom. The summed E-state index contributed by atoms with van der Waals surface area (Å²) >= 11 is 0. The maximum Gasteiger partial charge on any atom is 0.439 e. The second kappa shape index (κ2) is 4.32. The molecule has 0 aliphatic heterocycles. The minimum atomic E-state index is 0.0615. The summed E-state index contributed by atoms with van der Waals surface area (Å²) in [6.07, 6.45) is 0. The van der Waals surface area contributed by atoms with Crippen LogP contribution in [0.1, 0.15) is 20.8 Å². The Morgan fingerprint density at radius 1 is 1.44 bits per heavy atom. The maximum absolute atomic E-state index is 9.49. The first-order valence-electron chi connectivity index (χ1n) is 2.91. The van der Waals surface area contributed by atoms with Crippen LogP contribution < -0.4 is 5.48 Å². The molecule has 3 heteroatoms. The van der Waals surface area contributed by atoms with Crippen molar-refractivity contribution in [2.24, 2.45) is 5.92 Å². The standard InChI is InChI=1S/C6H11NO2/c1-5(2)6(3)7-9-4-8/h5-6H,1-3H3. The van der Waals surface area contributed by atoms with Gasteiger partial charge in [-0.1, -0.05) is 13.8 Å². The Hall–Kier alpha value is -0.570. The Kier molecular flexibility index (Phi) is 4.05. The molecular formula is C6H11NO2. The molecule has 9 heavy (non-hydrogen) atoms. The van der Waals surface area contributed by atoms with Gasteiger partial charge in [0, 0.05) is 0 Å². The number of hydroxylamine groups is 1. The first-order valence-corrected chi connectivity index (χ1v) is 2.91. The highest BCUT2D eigenvalue weighted by molar-refractivity contribution is 5.37. The molecule has 0 bridgehead atoms. The summed E-state index contributed by atoms with van der Waals surface area (Å²) in [4.78, 5) is 13.6. The number of hydrogen-bond acceptors (Lipinski definition) is 2. The van der Waals surface area contributed by atoms with Crippen LogP contribution >= 0.6 is 0 Å². The van der Waals surface area contributed by atoms with Gasteiger partial charge in [-0.2, -0.15) is 0 Å². The maximum atomic E-state index is 9.49. The Labute approximate surface area is 55.3 Å². The van der Waals surface area contributed by atoms with Crippen molar-refractivity contribution in [3.63, 3.8) is 0 Å². The number of rotatable bonds is 4. The fraction of sp³-hybridized carbons (Fsp3) is 0.833. The minimum absolute atomic E-state index is 0.0615. The zero-order valence-corrected chi connectivity index (χ0v) is 5.92. The molecule has 1 atom stereocenters. The van der Waals surface area contributed by atoms with Crippen LogP contribution in [0.15, 0.2) is 0 Å². The molecule has 0 aromatic carbocycles. The van der Waals surface area contributed by atoms with E-state index in [0.29, 0.717) is 5.92 Å². The molecule has 1 unspecified atom stereocenters.